The molecule has 0 spiro atoms. The molecule has 0 radical (unpaired) electrons. The molecule has 2 rings (SSSR count). The maximum Gasteiger partial charge on any atom is 0.156 e. The Kier molecular flexibility index (Phi) is 4.86. The lowest BCUT2D eigenvalue weighted by Crippen LogP contribution is -2.31. The fourth-order valence-corrected chi connectivity index (χ4v) is 2.14. The standard InChI is InChI=1S/C13H19N5OS/c1-17-9-16-12-10(17)3-5-15-13(12)18(7-8-19-2)6-4-11(14)20/h3,5,9H,4,6-8H2,1-2H3,(H2,14,20). The van der Waals surface area contributed by atoms with Crippen molar-refractivity contribution in [2.45, 2.75) is 6.42 Å². The number of ether oxygens (including phenoxy) is 1. The smallest absolute Gasteiger partial charge is 0.156 e. The number of aryl methyl sites for hydroxylation is 1. The van der Waals surface area contributed by atoms with Crippen LogP contribution in [0.15, 0.2) is 18.6 Å². The molecule has 2 N–H and O–H groups in total. The number of nitrogens with zero attached hydrogens (tertiary/aromatic N) is 4. The second kappa shape index (κ2) is 6.62. The Morgan fingerprint density at radius 2 is 2.25 bits per heavy atom. The SMILES string of the molecule is COCCN(CCC(N)=S)c1nccc2c1ncn2C. The first-order valence-electron chi connectivity index (χ1n) is 6.41. The molecule has 20 heavy (non-hydrogen) atoms. The van der Waals surface area contributed by atoms with Gasteiger partial charge in [-0.15, -0.1) is 0 Å². The van der Waals surface area contributed by atoms with Gasteiger partial charge >= 0.3 is 0 Å². The maximum absolute atomic E-state index is 5.60. The van der Waals surface area contributed by atoms with Crippen LogP contribution in [0.5, 0.6) is 0 Å². The number of fused-ring (bicyclic) bond motifs is 1. The second-order valence-corrected chi connectivity index (χ2v) is 5.08. The number of thiocarbonyl (C=S) groups is 1. The van der Waals surface area contributed by atoms with Gasteiger partial charge in [0.2, 0.25) is 0 Å². The third-order valence-corrected chi connectivity index (χ3v) is 3.32. The van der Waals surface area contributed by atoms with Crippen molar-refractivity contribution in [2.75, 3.05) is 31.7 Å². The molecule has 2 heterocycles. The topological polar surface area (TPSA) is 69.2 Å². The largest absolute Gasteiger partial charge is 0.393 e. The van der Waals surface area contributed by atoms with E-state index in [-0.39, 0.29) is 0 Å². The Morgan fingerprint density at radius 3 is 2.95 bits per heavy atom. The van der Waals surface area contributed by atoms with Crippen LogP contribution in [0.4, 0.5) is 5.82 Å². The molecule has 0 aliphatic carbocycles. The van der Waals surface area contributed by atoms with Gasteiger partial charge in [0.15, 0.2) is 5.82 Å². The molecule has 0 unspecified atom stereocenters. The minimum Gasteiger partial charge on any atom is -0.393 e. The quantitative estimate of drug-likeness (QED) is 0.771. The number of methoxy groups -OCH3 is 1. The van der Waals surface area contributed by atoms with Crippen LogP contribution in [0.25, 0.3) is 11.0 Å². The summed E-state index contributed by atoms with van der Waals surface area (Å²) in [5.41, 5.74) is 7.53. The summed E-state index contributed by atoms with van der Waals surface area (Å²) in [7, 11) is 3.65. The third-order valence-electron chi connectivity index (χ3n) is 3.12. The second-order valence-electron chi connectivity index (χ2n) is 4.55. The van der Waals surface area contributed by atoms with E-state index >= 15 is 0 Å². The molecule has 2 aromatic rings. The maximum atomic E-state index is 5.60. The zero-order valence-corrected chi connectivity index (χ0v) is 12.6. The molecule has 108 valence electrons. The van der Waals surface area contributed by atoms with Gasteiger partial charge in [0.1, 0.15) is 5.52 Å². The van der Waals surface area contributed by atoms with E-state index in [4.69, 9.17) is 22.7 Å². The van der Waals surface area contributed by atoms with Crippen molar-refractivity contribution in [3.63, 3.8) is 0 Å². The number of rotatable bonds is 7. The van der Waals surface area contributed by atoms with Crippen molar-refractivity contribution in [3.8, 4) is 0 Å². The van der Waals surface area contributed by atoms with Crippen LogP contribution in [-0.2, 0) is 11.8 Å². The first-order valence-corrected chi connectivity index (χ1v) is 6.82. The van der Waals surface area contributed by atoms with Gasteiger partial charge in [0.05, 0.1) is 23.4 Å². The van der Waals surface area contributed by atoms with Crippen LogP contribution in [0, 0.1) is 0 Å². The molecular formula is C13H19N5OS. The molecular weight excluding hydrogens is 274 g/mol. The molecule has 0 saturated heterocycles. The van der Waals surface area contributed by atoms with E-state index in [1.807, 2.05) is 17.7 Å². The molecule has 0 bridgehead atoms. The zero-order chi connectivity index (χ0) is 14.5. The molecule has 0 aromatic carbocycles. The van der Waals surface area contributed by atoms with Gasteiger partial charge in [-0.3, -0.25) is 0 Å². The third kappa shape index (κ3) is 3.23. The van der Waals surface area contributed by atoms with Crippen LogP contribution in [0.1, 0.15) is 6.42 Å². The summed E-state index contributed by atoms with van der Waals surface area (Å²) in [5.74, 6) is 0.844. The van der Waals surface area contributed by atoms with Gasteiger partial charge in [-0.2, -0.15) is 0 Å². The molecule has 0 amide bonds. The summed E-state index contributed by atoms with van der Waals surface area (Å²) in [6, 6.07) is 1.95. The van der Waals surface area contributed by atoms with Crippen LogP contribution >= 0.6 is 12.2 Å². The molecule has 0 saturated carbocycles. The van der Waals surface area contributed by atoms with E-state index in [9.17, 15) is 0 Å². The van der Waals surface area contributed by atoms with E-state index < -0.39 is 0 Å². The van der Waals surface area contributed by atoms with Gasteiger partial charge in [-0.25, -0.2) is 9.97 Å². The van der Waals surface area contributed by atoms with Crippen molar-refractivity contribution in [3.05, 3.63) is 18.6 Å². The van der Waals surface area contributed by atoms with Crippen LogP contribution in [0.2, 0.25) is 0 Å². The van der Waals surface area contributed by atoms with E-state index in [2.05, 4.69) is 14.9 Å². The highest BCUT2D eigenvalue weighted by Gasteiger charge is 2.14. The average molecular weight is 293 g/mol. The number of aromatic nitrogens is 3. The minimum absolute atomic E-state index is 0.501. The van der Waals surface area contributed by atoms with Gasteiger partial charge in [-0.05, 0) is 6.07 Å². The van der Waals surface area contributed by atoms with E-state index in [1.54, 1.807) is 19.6 Å². The van der Waals surface area contributed by atoms with Crippen molar-refractivity contribution in [2.24, 2.45) is 12.8 Å². The number of nitrogens with two attached hydrogens (primary N) is 1. The molecule has 0 fully saturated rings. The number of hydrogen-bond donors (Lipinski definition) is 1. The highest BCUT2D eigenvalue weighted by molar-refractivity contribution is 7.80. The first-order chi connectivity index (χ1) is 9.63. The number of imidazole rings is 1. The summed E-state index contributed by atoms with van der Waals surface area (Å²) in [6.45, 7) is 2.05. The summed E-state index contributed by atoms with van der Waals surface area (Å²) in [6.07, 6.45) is 4.22. The average Bonchev–Trinajstić information content (AvgIpc) is 2.81. The Labute approximate surface area is 123 Å². The summed E-state index contributed by atoms with van der Waals surface area (Å²) < 4.78 is 7.13. The lowest BCUT2D eigenvalue weighted by atomic mass is 10.3. The Morgan fingerprint density at radius 1 is 1.45 bits per heavy atom. The van der Waals surface area contributed by atoms with Crippen molar-refractivity contribution < 1.29 is 4.74 Å². The van der Waals surface area contributed by atoms with Gasteiger partial charge in [-0.1, -0.05) is 12.2 Å². The molecule has 6 nitrogen and oxygen atoms in total. The lowest BCUT2D eigenvalue weighted by molar-refractivity contribution is 0.205. The Bertz CT molecular complexity index is 597. The fourth-order valence-electron chi connectivity index (χ4n) is 2.05. The number of pyridine rings is 1. The van der Waals surface area contributed by atoms with Gasteiger partial charge in [0, 0.05) is 39.9 Å². The predicted molar refractivity (Wildman–Crippen MR) is 84.0 cm³/mol. The molecule has 0 atom stereocenters. The van der Waals surface area contributed by atoms with Gasteiger partial charge < -0.3 is 19.9 Å². The molecule has 0 aliphatic rings. The summed E-state index contributed by atoms with van der Waals surface area (Å²) in [5, 5.41) is 0. The van der Waals surface area contributed by atoms with Gasteiger partial charge in [0.25, 0.3) is 0 Å². The van der Waals surface area contributed by atoms with E-state index in [0.29, 0.717) is 24.6 Å². The zero-order valence-electron chi connectivity index (χ0n) is 11.7. The summed E-state index contributed by atoms with van der Waals surface area (Å²) >= 11 is 4.96. The number of hydrogen-bond acceptors (Lipinski definition) is 5. The van der Waals surface area contributed by atoms with Crippen molar-refractivity contribution in [1.29, 1.82) is 0 Å². The Hall–Kier alpha value is -1.73. The van der Waals surface area contributed by atoms with Crippen LogP contribution < -0.4 is 10.6 Å². The molecule has 7 heteroatoms. The fraction of sp³-hybridized carbons (Fsp3) is 0.462. The molecule has 2 aromatic heterocycles. The number of anilines is 1. The monoisotopic (exact) mass is 293 g/mol. The Balaban J connectivity index is 2.31. The predicted octanol–water partition coefficient (Wildman–Crippen LogP) is 1.10. The van der Waals surface area contributed by atoms with Crippen LogP contribution in [0.3, 0.4) is 0 Å². The summed E-state index contributed by atoms with van der Waals surface area (Å²) in [4.78, 5) is 11.5. The van der Waals surface area contributed by atoms with Crippen molar-refractivity contribution in [1.82, 2.24) is 14.5 Å². The van der Waals surface area contributed by atoms with E-state index in [0.717, 1.165) is 23.4 Å². The normalized spacial score (nSPS) is 10.9. The van der Waals surface area contributed by atoms with E-state index in [1.165, 1.54) is 0 Å². The first kappa shape index (κ1) is 14.7. The van der Waals surface area contributed by atoms with Crippen LogP contribution in [-0.4, -0.2) is 46.3 Å². The lowest BCUT2D eigenvalue weighted by Gasteiger charge is -2.23. The highest BCUT2D eigenvalue weighted by atomic mass is 32.1. The minimum atomic E-state index is 0.501. The highest BCUT2D eigenvalue weighted by Crippen LogP contribution is 2.22. The van der Waals surface area contributed by atoms with Crippen molar-refractivity contribution >= 4 is 34.1 Å². The molecule has 0 aliphatic heterocycles.